The third kappa shape index (κ3) is 4.29. The summed E-state index contributed by atoms with van der Waals surface area (Å²) in [6, 6.07) is 0.851. The van der Waals surface area contributed by atoms with Crippen molar-refractivity contribution >= 4 is 0 Å². The van der Waals surface area contributed by atoms with E-state index >= 15 is 0 Å². The standard InChI is InChI=1S/C15H27N/c1-2-13(12-16-15-9-10-15)11-14-7-5-3-4-6-8-14/h11,14-16H,2-10,12H2,1H3. The van der Waals surface area contributed by atoms with Crippen LogP contribution in [0.25, 0.3) is 0 Å². The highest BCUT2D eigenvalue weighted by atomic mass is 14.9. The lowest BCUT2D eigenvalue weighted by atomic mass is 9.96. The van der Waals surface area contributed by atoms with Crippen LogP contribution in [0.1, 0.15) is 64.7 Å². The molecule has 2 aliphatic carbocycles. The first-order valence-electron chi connectivity index (χ1n) is 7.31. The number of hydrogen-bond acceptors (Lipinski definition) is 1. The predicted molar refractivity (Wildman–Crippen MR) is 70.6 cm³/mol. The highest BCUT2D eigenvalue weighted by Gasteiger charge is 2.20. The SMILES string of the molecule is CCC(=CC1CCCCCC1)CNC1CC1. The summed E-state index contributed by atoms with van der Waals surface area (Å²) in [7, 11) is 0. The minimum absolute atomic E-state index is 0.851. The van der Waals surface area contributed by atoms with E-state index in [0.717, 1.165) is 18.5 Å². The van der Waals surface area contributed by atoms with Gasteiger partial charge in [0.2, 0.25) is 0 Å². The van der Waals surface area contributed by atoms with Crippen molar-refractivity contribution in [3.8, 4) is 0 Å². The van der Waals surface area contributed by atoms with Gasteiger partial charge in [-0.15, -0.1) is 0 Å². The average molecular weight is 221 g/mol. The van der Waals surface area contributed by atoms with Crippen LogP contribution in [0.15, 0.2) is 11.6 Å². The molecule has 0 atom stereocenters. The van der Waals surface area contributed by atoms with E-state index < -0.39 is 0 Å². The van der Waals surface area contributed by atoms with E-state index in [4.69, 9.17) is 0 Å². The molecular weight excluding hydrogens is 194 g/mol. The van der Waals surface area contributed by atoms with E-state index in [1.807, 2.05) is 0 Å². The fourth-order valence-corrected chi connectivity index (χ4v) is 2.68. The molecule has 0 aromatic carbocycles. The number of nitrogens with one attached hydrogen (secondary N) is 1. The van der Waals surface area contributed by atoms with E-state index in [1.54, 1.807) is 5.57 Å². The van der Waals surface area contributed by atoms with Gasteiger partial charge in [0.25, 0.3) is 0 Å². The molecule has 0 amide bonds. The van der Waals surface area contributed by atoms with Crippen molar-refractivity contribution < 1.29 is 0 Å². The number of rotatable bonds is 5. The minimum Gasteiger partial charge on any atom is -0.310 e. The molecule has 0 radical (unpaired) electrons. The van der Waals surface area contributed by atoms with Gasteiger partial charge >= 0.3 is 0 Å². The second-order valence-electron chi connectivity index (χ2n) is 5.59. The molecule has 16 heavy (non-hydrogen) atoms. The van der Waals surface area contributed by atoms with Gasteiger partial charge in [-0.1, -0.05) is 44.3 Å². The molecule has 0 spiro atoms. The maximum Gasteiger partial charge on any atom is 0.0167 e. The maximum absolute atomic E-state index is 3.64. The first-order chi connectivity index (χ1) is 7.88. The largest absolute Gasteiger partial charge is 0.310 e. The normalized spacial score (nSPS) is 24.4. The van der Waals surface area contributed by atoms with Crippen LogP contribution in [0.4, 0.5) is 0 Å². The molecule has 2 rings (SSSR count). The van der Waals surface area contributed by atoms with Crippen LogP contribution < -0.4 is 5.32 Å². The summed E-state index contributed by atoms with van der Waals surface area (Å²) in [6.45, 7) is 3.45. The van der Waals surface area contributed by atoms with Crippen LogP contribution in [-0.2, 0) is 0 Å². The Labute approximate surface area is 101 Å². The monoisotopic (exact) mass is 221 g/mol. The lowest BCUT2D eigenvalue weighted by Gasteiger charge is -2.13. The minimum atomic E-state index is 0.851. The topological polar surface area (TPSA) is 12.0 Å². The predicted octanol–water partition coefficient (Wildman–Crippen LogP) is 4.05. The zero-order valence-electron chi connectivity index (χ0n) is 10.8. The van der Waals surface area contributed by atoms with Crippen molar-refractivity contribution in [3.05, 3.63) is 11.6 Å². The number of allylic oxidation sites excluding steroid dienone is 1. The van der Waals surface area contributed by atoms with Gasteiger partial charge in [-0.05, 0) is 38.0 Å². The van der Waals surface area contributed by atoms with Crippen molar-refractivity contribution in [1.29, 1.82) is 0 Å². The summed E-state index contributed by atoms with van der Waals surface area (Å²) in [5.41, 5.74) is 1.65. The van der Waals surface area contributed by atoms with Gasteiger partial charge in [0.15, 0.2) is 0 Å². The Morgan fingerprint density at radius 2 is 1.75 bits per heavy atom. The Kier molecular flexibility index (Phi) is 4.90. The second kappa shape index (κ2) is 6.44. The van der Waals surface area contributed by atoms with Crippen molar-refractivity contribution in [2.24, 2.45) is 5.92 Å². The average Bonchev–Trinajstić information content (AvgIpc) is 3.11. The van der Waals surface area contributed by atoms with Crippen LogP contribution >= 0.6 is 0 Å². The molecule has 2 fully saturated rings. The van der Waals surface area contributed by atoms with Gasteiger partial charge in [-0.25, -0.2) is 0 Å². The molecule has 0 unspecified atom stereocenters. The van der Waals surface area contributed by atoms with Gasteiger partial charge < -0.3 is 5.32 Å². The molecule has 0 saturated heterocycles. The molecule has 0 aromatic rings. The zero-order valence-corrected chi connectivity index (χ0v) is 10.8. The third-order valence-electron chi connectivity index (χ3n) is 4.02. The second-order valence-corrected chi connectivity index (χ2v) is 5.59. The summed E-state index contributed by atoms with van der Waals surface area (Å²) in [4.78, 5) is 0. The Balaban J connectivity index is 1.79. The smallest absolute Gasteiger partial charge is 0.0167 e. The number of hydrogen-bond donors (Lipinski definition) is 1. The van der Waals surface area contributed by atoms with Crippen molar-refractivity contribution in [1.82, 2.24) is 5.32 Å². The van der Waals surface area contributed by atoms with Crippen molar-refractivity contribution in [2.45, 2.75) is 70.8 Å². The summed E-state index contributed by atoms with van der Waals surface area (Å²) in [6.07, 6.45) is 15.3. The lowest BCUT2D eigenvalue weighted by molar-refractivity contribution is 0.551. The highest BCUT2D eigenvalue weighted by molar-refractivity contribution is 5.07. The Bertz CT molecular complexity index is 220. The summed E-state index contributed by atoms with van der Waals surface area (Å²) in [5, 5.41) is 3.64. The fourth-order valence-electron chi connectivity index (χ4n) is 2.68. The van der Waals surface area contributed by atoms with Crippen molar-refractivity contribution in [3.63, 3.8) is 0 Å². The van der Waals surface area contributed by atoms with Crippen LogP contribution in [0.3, 0.4) is 0 Å². The molecule has 0 heterocycles. The Morgan fingerprint density at radius 3 is 2.31 bits per heavy atom. The zero-order chi connectivity index (χ0) is 11.2. The van der Waals surface area contributed by atoms with Gasteiger partial charge in [-0.2, -0.15) is 0 Å². The van der Waals surface area contributed by atoms with E-state index in [2.05, 4.69) is 18.3 Å². The van der Waals surface area contributed by atoms with Crippen LogP contribution in [0, 0.1) is 5.92 Å². The first kappa shape index (κ1) is 12.2. The van der Waals surface area contributed by atoms with Gasteiger partial charge in [0, 0.05) is 12.6 Å². The Hall–Kier alpha value is -0.300. The molecular formula is C15H27N. The molecule has 0 bridgehead atoms. The lowest BCUT2D eigenvalue weighted by Crippen LogP contribution is -2.19. The van der Waals surface area contributed by atoms with Crippen molar-refractivity contribution in [2.75, 3.05) is 6.54 Å². The van der Waals surface area contributed by atoms with Crippen LogP contribution in [0.2, 0.25) is 0 Å². The summed E-state index contributed by atoms with van der Waals surface area (Å²) >= 11 is 0. The van der Waals surface area contributed by atoms with E-state index in [9.17, 15) is 0 Å². The molecule has 92 valence electrons. The molecule has 0 aliphatic heterocycles. The Morgan fingerprint density at radius 1 is 1.06 bits per heavy atom. The summed E-state index contributed by atoms with van der Waals surface area (Å²) < 4.78 is 0. The summed E-state index contributed by atoms with van der Waals surface area (Å²) in [5.74, 6) is 0.887. The highest BCUT2D eigenvalue weighted by Crippen LogP contribution is 2.25. The molecule has 0 aromatic heterocycles. The fraction of sp³-hybridized carbons (Fsp3) is 0.867. The maximum atomic E-state index is 3.64. The first-order valence-corrected chi connectivity index (χ1v) is 7.31. The molecule has 2 aliphatic rings. The molecule has 1 N–H and O–H groups in total. The molecule has 2 saturated carbocycles. The van der Waals surface area contributed by atoms with Gasteiger partial charge in [0.05, 0.1) is 0 Å². The molecule has 1 heteroatoms. The molecule has 1 nitrogen and oxygen atoms in total. The van der Waals surface area contributed by atoms with Gasteiger partial charge in [0.1, 0.15) is 0 Å². The van der Waals surface area contributed by atoms with E-state index in [1.165, 1.54) is 57.8 Å². The quantitative estimate of drug-likeness (QED) is 0.545. The van der Waals surface area contributed by atoms with E-state index in [0.29, 0.717) is 0 Å². The van der Waals surface area contributed by atoms with E-state index in [-0.39, 0.29) is 0 Å². The third-order valence-corrected chi connectivity index (χ3v) is 4.02. The van der Waals surface area contributed by atoms with Crippen LogP contribution in [0.5, 0.6) is 0 Å². The van der Waals surface area contributed by atoms with Crippen LogP contribution in [-0.4, -0.2) is 12.6 Å². The van der Waals surface area contributed by atoms with Gasteiger partial charge in [-0.3, -0.25) is 0 Å².